The third kappa shape index (κ3) is 5.98. The topological polar surface area (TPSA) is 52.6 Å². The second-order valence-electron chi connectivity index (χ2n) is 12.9. The van der Waals surface area contributed by atoms with Crippen molar-refractivity contribution in [3.63, 3.8) is 0 Å². The van der Waals surface area contributed by atoms with Crippen molar-refractivity contribution in [1.29, 1.82) is 0 Å². The Hall–Kier alpha value is -3.96. The van der Waals surface area contributed by atoms with E-state index in [2.05, 4.69) is 24.3 Å². The van der Waals surface area contributed by atoms with Gasteiger partial charge < -0.3 is 9.47 Å². The van der Waals surface area contributed by atoms with E-state index in [1.807, 2.05) is 115 Å². The first-order chi connectivity index (χ1) is 19.8. The summed E-state index contributed by atoms with van der Waals surface area (Å²) in [6, 6.07) is 30.4. The Labute approximate surface area is 252 Å². The highest BCUT2D eigenvalue weighted by Gasteiger charge is 2.34. The monoisotopic (exact) mass is 578 g/mol. The summed E-state index contributed by atoms with van der Waals surface area (Å²) in [5.74, 6) is -0.614. The molecule has 0 aliphatic carbocycles. The lowest BCUT2D eigenvalue weighted by atomic mass is 9.88. The van der Waals surface area contributed by atoms with E-state index in [9.17, 15) is 9.59 Å². The molecule has 5 rings (SSSR count). The molecule has 0 spiro atoms. The van der Waals surface area contributed by atoms with E-state index in [4.69, 9.17) is 9.47 Å². The number of fused-ring (bicyclic) bond motifs is 3. The quantitative estimate of drug-likeness (QED) is 0.188. The fraction of sp³-hybridized carbons (Fsp3) is 0.297. The molecular weight excluding hydrogens is 540 g/mol. The van der Waals surface area contributed by atoms with E-state index in [0.717, 1.165) is 33.2 Å². The van der Waals surface area contributed by atoms with Gasteiger partial charge in [0.2, 0.25) is 0 Å². The van der Waals surface area contributed by atoms with E-state index in [1.54, 1.807) is 11.3 Å². The molecule has 0 N–H and O–H groups in total. The van der Waals surface area contributed by atoms with Crippen LogP contribution in [0.2, 0.25) is 0 Å². The van der Waals surface area contributed by atoms with Gasteiger partial charge in [-0.1, -0.05) is 72.8 Å². The third-order valence-corrected chi connectivity index (χ3v) is 8.56. The van der Waals surface area contributed by atoms with Crippen molar-refractivity contribution in [2.45, 2.75) is 60.7 Å². The molecular formula is C37H38O4S. The van der Waals surface area contributed by atoms with E-state index in [-0.39, 0.29) is 11.9 Å². The van der Waals surface area contributed by atoms with Crippen LogP contribution < -0.4 is 0 Å². The standard InChI is InChI=1S/C37H38O4S/c1-23-14-8-9-15-25(23)33(41-35(39)37(5,6)7)28-18-11-10-17-27(28)32(40-34(38)36(2,3)4)24-20-21-31-29(22-24)26-16-12-13-19-30(26)42-31/h8-22,32-33H,1-7H3. The number of rotatable bonds is 6. The summed E-state index contributed by atoms with van der Waals surface area (Å²) in [6.45, 7) is 13.1. The van der Waals surface area contributed by atoms with Gasteiger partial charge in [-0.05, 0) is 83.4 Å². The van der Waals surface area contributed by atoms with Crippen LogP contribution in [0.4, 0.5) is 0 Å². The highest BCUT2D eigenvalue weighted by molar-refractivity contribution is 7.25. The number of benzene rings is 4. The Kier molecular flexibility index (Phi) is 8.00. The molecule has 2 unspecified atom stereocenters. The maximum absolute atomic E-state index is 13.5. The van der Waals surface area contributed by atoms with E-state index < -0.39 is 23.0 Å². The van der Waals surface area contributed by atoms with Crippen molar-refractivity contribution in [3.8, 4) is 0 Å². The minimum absolute atomic E-state index is 0.306. The fourth-order valence-electron chi connectivity index (χ4n) is 4.95. The van der Waals surface area contributed by atoms with Crippen molar-refractivity contribution < 1.29 is 19.1 Å². The van der Waals surface area contributed by atoms with Crippen LogP contribution in [0.25, 0.3) is 20.2 Å². The molecule has 5 aromatic rings. The molecule has 0 saturated heterocycles. The minimum atomic E-state index is -0.712. The maximum Gasteiger partial charge on any atom is 0.312 e. The molecule has 0 aliphatic heterocycles. The van der Waals surface area contributed by atoms with Crippen LogP contribution in [0.5, 0.6) is 0 Å². The van der Waals surface area contributed by atoms with Crippen molar-refractivity contribution in [1.82, 2.24) is 0 Å². The predicted molar refractivity (Wildman–Crippen MR) is 172 cm³/mol. The summed E-state index contributed by atoms with van der Waals surface area (Å²) in [7, 11) is 0. The van der Waals surface area contributed by atoms with Gasteiger partial charge in [0.25, 0.3) is 0 Å². The minimum Gasteiger partial charge on any atom is -0.452 e. The van der Waals surface area contributed by atoms with Crippen molar-refractivity contribution in [2.24, 2.45) is 10.8 Å². The summed E-state index contributed by atoms with van der Waals surface area (Å²) in [4.78, 5) is 26.8. The number of carbonyl (C=O) groups excluding carboxylic acids is 2. The largest absolute Gasteiger partial charge is 0.452 e. The average molecular weight is 579 g/mol. The van der Waals surface area contributed by atoms with Crippen molar-refractivity contribution in [2.75, 3.05) is 0 Å². The first-order valence-corrected chi connectivity index (χ1v) is 15.1. The molecule has 0 bridgehead atoms. The van der Waals surface area contributed by atoms with Gasteiger partial charge in [0.05, 0.1) is 10.8 Å². The van der Waals surface area contributed by atoms with Gasteiger partial charge in [-0.3, -0.25) is 9.59 Å². The summed E-state index contributed by atoms with van der Waals surface area (Å²) < 4.78 is 15.1. The average Bonchev–Trinajstić information content (AvgIpc) is 3.32. The van der Waals surface area contributed by atoms with Gasteiger partial charge >= 0.3 is 11.9 Å². The van der Waals surface area contributed by atoms with E-state index >= 15 is 0 Å². The molecule has 216 valence electrons. The highest BCUT2D eigenvalue weighted by atomic mass is 32.1. The smallest absolute Gasteiger partial charge is 0.312 e. The third-order valence-electron chi connectivity index (χ3n) is 7.41. The Bertz CT molecular complexity index is 1770. The van der Waals surface area contributed by atoms with Gasteiger partial charge in [-0.25, -0.2) is 0 Å². The molecule has 4 nitrogen and oxygen atoms in total. The van der Waals surface area contributed by atoms with Crippen molar-refractivity contribution in [3.05, 3.63) is 119 Å². The number of carbonyl (C=O) groups is 2. The van der Waals surface area contributed by atoms with Crippen LogP contribution in [-0.4, -0.2) is 11.9 Å². The second kappa shape index (κ2) is 11.4. The fourth-order valence-corrected chi connectivity index (χ4v) is 6.04. The number of aryl methyl sites for hydroxylation is 1. The highest BCUT2D eigenvalue weighted by Crippen LogP contribution is 2.41. The molecule has 0 fully saturated rings. The molecule has 0 saturated carbocycles. The molecule has 2 atom stereocenters. The van der Waals surface area contributed by atoms with Crippen LogP contribution in [0.3, 0.4) is 0 Å². The molecule has 1 heterocycles. The maximum atomic E-state index is 13.5. The predicted octanol–water partition coefficient (Wildman–Crippen LogP) is 9.72. The first kappa shape index (κ1) is 29.5. The summed E-state index contributed by atoms with van der Waals surface area (Å²) in [5.41, 5.74) is 2.92. The lowest BCUT2D eigenvalue weighted by molar-refractivity contribution is -0.159. The Morgan fingerprint density at radius 2 is 1.10 bits per heavy atom. The van der Waals surface area contributed by atoms with Gasteiger partial charge in [-0.15, -0.1) is 11.3 Å². The molecule has 42 heavy (non-hydrogen) atoms. The Morgan fingerprint density at radius 3 is 1.71 bits per heavy atom. The number of hydrogen-bond donors (Lipinski definition) is 0. The van der Waals surface area contributed by atoms with Crippen LogP contribution in [-0.2, 0) is 19.1 Å². The molecule has 0 aliphatic rings. The van der Waals surface area contributed by atoms with E-state index in [1.165, 1.54) is 14.8 Å². The zero-order chi connectivity index (χ0) is 30.2. The Morgan fingerprint density at radius 1 is 0.595 bits per heavy atom. The molecule has 4 aromatic carbocycles. The SMILES string of the molecule is Cc1ccccc1C(OC(=O)C(C)(C)C)c1ccccc1C(OC(=O)C(C)(C)C)c1ccc2sc3ccccc3c2c1. The summed E-state index contributed by atoms with van der Waals surface area (Å²) in [6.07, 6.45) is -1.40. The van der Waals surface area contributed by atoms with Crippen LogP contribution in [0.15, 0.2) is 91.0 Å². The number of hydrogen-bond acceptors (Lipinski definition) is 5. The molecule has 0 radical (unpaired) electrons. The summed E-state index contributed by atoms with van der Waals surface area (Å²) >= 11 is 1.75. The van der Waals surface area contributed by atoms with Gasteiger partial charge in [0.15, 0.2) is 12.2 Å². The van der Waals surface area contributed by atoms with E-state index in [0.29, 0.717) is 0 Å². The van der Waals surface area contributed by atoms with Gasteiger partial charge in [0.1, 0.15) is 0 Å². The molecule has 0 amide bonds. The van der Waals surface area contributed by atoms with Crippen molar-refractivity contribution >= 4 is 43.4 Å². The van der Waals surface area contributed by atoms with Gasteiger partial charge in [0, 0.05) is 31.3 Å². The first-order valence-electron chi connectivity index (χ1n) is 14.3. The van der Waals surface area contributed by atoms with Crippen LogP contribution in [0.1, 0.15) is 81.6 Å². The van der Waals surface area contributed by atoms with Gasteiger partial charge in [-0.2, -0.15) is 0 Å². The number of thiophene rings is 1. The molecule has 5 heteroatoms. The van der Waals surface area contributed by atoms with Crippen LogP contribution >= 0.6 is 11.3 Å². The normalized spacial score (nSPS) is 13.6. The zero-order valence-electron chi connectivity index (χ0n) is 25.4. The van der Waals surface area contributed by atoms with Crippen LogP contribution in [0, 0.1) is 17.8 Å². The Balaban J connectivity index is 1.72. The summed E-state index contributed by atoms with van der Waals surface area (Å²) in [5, 5.41) is 2.29. The lowest BCUT2D eigenvalue weighted by Gasteiger charge is -2.30. The second-order valence-corrected chi connectivity index (χ2v) is 14.0. The lowest BCUT2D eigenvalue weighted by Crippen LogP contribution is -2.28. The number of esters is 2. The zero-order valence-corrected chi connectivity index (χ0v) is 26.2. The number of ether oxygens (including phenoxy) is 2. The molecule has 1 aromatic heterocycles.